The molecule has 1 N–H and O–H groups in total. The van der Waals surface area contributed by atoms with Crippen LogP contribution in [0, 0.1) is 11.3 Å². The molecule has 0 aromatic heterocycles. The molecule has 7 heteroatoms. The summed E-state index contributed by atoms with van der Waals surface area (Å²) < 4.78 is 5.96. The van der Waals surface area contributed by atoms with Gasteiger partial charge in [0.05, 0.1) is 16.7 Å². The lowest BCUT2D eigenvalue weighted by Gasteiger charge is -2.29. The van der Waals surface area contributed by atoms with Gasteiger partial charge in [0.15, 0.2) is 0 Å². The second-order valence-electron chi connectivity index (χ2n) is 6.64. The van der Waals surface area contributed by atoms with Crippen LogP contribution in [0.5, 0.6) is 5.75 Å². The molecule has 0 spiro atoms. The molecule has 1 aliphatic carbocycles. The molecule has 0 bridgehead atoms. The van der Waals surface area contributed by atoms with Gasteiger partial charge in [-0.05, 0) is 58.4 Å². The van der Waals surface area contributed by atoms with Gasteiger partial charge in [0.2, 0.25) is 5.84 Å². The summed E-state index contributed by atoms with van der Waals surface area (Å²) in [5.74, 6) is 0.408. The van der Waals surface area contributed by atoms with E-state index in [0.717, 1.165) is 31.3 Å². The molecular weight excluding hydrogens is 364 g/mol. The van der Waals surface area contributed by atoms with Gasteiger partial charge in [-0.25, -0.2) is 9.98 Å². The number of carbonyl (C=O) groups is 1. The monoisotopic (exact) mass is 386 g/mol. The number of ether oxygens (including phenoxy) is 1. The number of carbonyl (C=O) groups excluding carboxylic acids is 1. The molecule has 1 aromatic carbocycles. The van der Waals surface area contributed by atoms with Gasteiger partial charge >= 0.3 is 0 Å². The predicted octanol–water partition coefficient (Wildman–Crippen LogP) is 4.04. The Bertz CT molecular complexity index is 799. The molecule has 1 fully saturated rings. The fourth-order valence-corrected chi connectivity index (χ4v) is 3.00. The Hall–Kier alpha value is -2.65. The fraction of sp³-hybridized carbons (Fsp3) is 0.400. The predicted molar refractivity (Wildman–Crippen MR) is 107 cm³/mol. The number of amides is 1. The van der Waals surface area contributed by atoms with Crippen LogP contribution in [0.2, 0.25) is 5.02 Å². The first kappa shape index (κ1) is 20.7. The number of hydrogen-bond acceptors (Lipinski definition) is 4. The summed E-state index contributed by atoms with van der Waals surface area (Å²) in [6.07, 6.45) is 4.87. The van der Waals surface area contributed by atoms with E-state index in [-0.39, 0.29) is 23.9 Å². The highest BCUT2D eigenvalue weighted by Crippen LogP contribution is 2.27. The second-order valence-corrected chi connectivity index (χ2v) is 7.04. The minimum absolute atomic E-state index is 0.0542. The van der Waals surface area contributed by atoms with Crippen molar-refractivity contribution in [3.8, 4) is 11.8 Å². The zero-order chi connectivity index (χ0) is 19.8. The summed E-state index contributed by atoms with van der Waals surface area (Å²) in [5.41, 5.74) is 1.40. The number of aliphatic imine (C=N–C) groups is 2. The van der Waals surface area contributed by atoms with Crippen molar-refractivity contribution in [3.05, 3.63) is 40.6 Å². The van der Waals surface area contributed by atoms with Crippen molar-refractivity contribution in [1.29, 1.82) is 5.26 Å². The summed E-state index contributed by atoms with van der Waals surface area (Å²) >= 11 is 6.04. The van der Waals surface area contributed by atoms with Gasteiger partial charge in [-0.3, -0.25) is 4.79 Å². The molecule has 6 nitrogen and oxygen atoms in total. The minimum atomic E-state index is -0.314. The van der Waals surface area contributed by atoms with Crippen LogP contribution >= 0.6 is 11.6 Å². The maximum absolute atomic E-state index is 12.2. The molecule has 1 amide bonds. The molecule has 0 saturated heterocycles. The van der Waals surface area contributed by atoms with Gasteiger partial charge in [0.1, 0.15) is 11.8 Å². The van der Waals surface area contributed by atoms with E-state index in [1.165, 1.54) is 0 Å². The number of rotatable bonds is 4. The number of hydrogen-bond donors (Lipinski definition) is 1. The van der Waals surface area contributed by atoms with Crippen LogP contribution in [0.25, 0.3) is 0 Å². The smallest absolute Gasteiger partial charge is 0.289 e. The third kappa shape index (κ3) is 6.22. The Balaban J connectivity index is 1.86. The van der Waals surface area contributed by atoms with E-state index in [9.17, 15) is 4.79 Å². The van der Waals surface area contributed by atoms with Gasteiger partial charge in [0, 0.05) is 18.3 Å². The number of nitrogens with zero attached hydrogens (tertiary/aromatic N) is 3. The lowest BCUT2D eigenvalue weighted by molar-refractivity contribution is -0.115. The SMILES string of the molecule is C=NC(=NC=C(C)C)C(=O)NC1CCC(Oc2ccc(C#N)c(Cl)c2)CC1. The highest BCUT2D eigenvalue weighted by Gasteiger charge is 2.25. The zero-order valence-electron chi connectivity index (χ0n) is 15.5. The third-order valence-corrected chi connectivity index (χ3v) is 4.48. The maximum atomic E-state index is 12.2. The summed E-state index contributed by atoms with van der Waals surface area (Å²) in [5, 5.41) is 12.3. The van der Waals surface area contributed by atoms with Gasteiger partial charge in [0.25, 0.3) is 5.91 Å². The van der Waals surface area contributed by atoms with Crippen LogP contribution in [0.3, 0.4) is 0 Å². The molecule has 0 radical (unpaired) electrons. The topological polar surface area (TPSA) is 86.8 Å². The van der Waals surface area contributed by atoms with Crippen molar-refractivity contribution in [2.24, 2.45) is 9.98 Å². The molecule has 0 atom stereocenters. The lowest BCUT2D eigenvalue weighted by atomic mass is 9.93. The van der Waals surface area contributed by atoms with E-state index >= 15 is 0 Å². The van der Waals surface area contributed by atoms with Crippen LogP contribution in [-0.2, 0) is 4.79 Å². The van der Waals surface area contributed by atoms with Crippen molar-refractivity contribution in [2.45, 2.75) is 51.7 Å². The largest absolute Gasteiger partial charge is 0.490 e. The van der Waals surface area contributed by atoms with Crippen LogP contribution in [0.4, 0.5) is 0 Å². The Labute approximate surface area is 164 Å². The number of amidine groups is 1. The summed E-state index contributed by atoms with van der Waals surface area (Å²) in [4.78, 5) is 20.0. The summed E-state index contributed by atoms with van der Waals surface area (Å²) in [6, 6.07) is 7.15. The molecule has 1 saturated carbocycles. The highest BCUT2D eigenvalue weighted by molar-refractivity contribution is 6.39. The van der Waals surface area contributed by atoms with Crippen molar-refractivity contribution < 1.29 is 9.53 Å². The molecule has 0 aliphatic heterocycles. The van der Waals surface area contributed by atoms with Gasteiger partial charge in [-0.2, -0.15) is 5.26 Å². The van der Waals surface area contributed by atoms with Crippen molar-refractivity contribution in [1.82, 2.24) is 5.32 Å². The Morgan fingerprint density at radius 3 is 2.63 bits per heavy atom. The average Bonchev–Trinajstić information content (AvgIpc) is 2.64. The number of halogens is 1. The molecule has 1 aliphatic rings. The minimum Gasteiger partial charge on any atom is -0.490 e. The van der Waals surface area contributed by atoms with Gasteiger partial charge in [-0.15, -0.1) is 0 Å². The fourth-order valence-electron chi connectivity index (χ4n) is 2.79. The van der Waals surface area contributed by atoms with E-state index in [1.54, 1.807) is 24.4 Å². The Kier molecular flexibility index (Phi) is 7.56. The Morgan fingerprint density at radius 2 is 2.07 bits per heavy atom. The van der Waals surface area contributed by atoms with E-state index in [4.69, 9.17) is 21.6 Å². The molecule has 27 heavy (non-hydrogen) atoms. The van der Waals surface area contributed by atoms with Crippen molar-refractivity contribution in [2.75, 3.05) is 0 Å². The first-order chi connectivity index (χ1) is 12.9. The molecule has 142 valence electrons. The first-order valence-electron chi connectivity index (χ1n) is 8.78. The van der Waals surface area contributed by atoms with Crippen LogP contribution in [0.15, 0.2) is 40.0 Å². The third-order valence-electron chi connectivity index (χ3n) is 4.17. The number of nitrogens with one attached hydrogen (secondary N) is 1. The van der Waals surface area contributed by atoms with E-state index in [1.807, 2.05) is 19.9 Å². The second kappa shape index (κ2) is 9.89. The van der Waals surface area contributed by atoms with Crippen LogP contribution in [-0.4, -0.2) is 30.6 Å². The van der Waals surface area contributed by atoms with Crippen molar-refractivity contribution in [3.63, 3.8) is 0 Å². The standard InChI is InChI=1S/C20H23ClN4O2/c1-13(2)12-24-19(23-3)20(26)25-15-5-8-16(9-6-15)27-17-7-4-14(11-22)18(21)10-17/h4,7,10,12,15-16H,3,5-6,8-9H2,1-2H3,(H,25,26). The first-order valence-corrected chi connectivity index (χ1v) is 9.15. The lowest BCUT2D eigenvalue weighted by Crippen LogP contribution is -2.42. The average molecular weight is 387 g/mol. The zero-order valence-corrected chi connectivity index (χ0v) is 16.3. The van der Waals surface area contributed by atoms with E-state index in [2.05, 4.69) is 22.0 Å². The number of nitriles is 1. The molecule has 0 heterocycles. The van der Waals surface area contributed by atoms with Crippen LogP contribution in [0.1, 0.15) is 45.1 Å². The Morgan fingerprint density at radius 1 is 1.37 bits per heavy atom. The molecule has 0 unspecified atom stereocenters. The number of benzene rings is 1. The maximum Gasteiger partial charge on any atom is 0.289 e. The van der Waals surface area contributed by atoms with E-state index < -0.39 is 0 Å². The number of allylic oxidation sites excluding steroid dienone is 1. The molecular formula is C20H23ClN4O2. The van der Waals surface area contributed by atoms with Crippen molar-refractivity contribution >= 4 is 30.1 Å². The van der Waals surface area contributed by atoms with Crippen LogP contribution < -0.4 is 10.1 Å². The quantitative estimate of drug-likeness (QED) is 0.625. The summed E-state index contributed by atoms with van der Waals surface area (Å²) in [7, 11) is 0. The van der Waals surface area contributed by atoms with Gasteiger partial charge < -0.3 is 10.1 Å². The highest BCUT2D eigenvalue weighted by atomic mass is 35.5. The van der Waals surface area contributed by atoms with Gasteiger partial charge in [-0.1, -0.05) is 17.2 Å². The molecule has 1 aromatic rings. The summed E-state index contributed by atoms with van der Waals surface area (Å²) in [6.45, 7) is 7.20. The van der Waals surface area contributed by atoms with E-state index in [0.29, 0.717) is 16.3 Å². The normalized spacial score (nSPS) is 19.6. The molecule has 2 rings (SSSR count).